The highest BCUT2D eigenvalue weighted by molar-refractivity contribution is 5.85. The first-order valence-corrected chi connectivity index (χ1v) is 6.63. The number of anilines is 1. The number of aromatic nitrogens is 2. The lowest BCUT2D eigenvalue weighted by atomic mass is 10.2. The second-order valence-electron chi connectivity index (χ2n) is 4.66. The van der Waals surface area contributed by atoms with E-state index in [1.807, 2.05) is 6.92 Å². The minimum absolute atomic E-state index is 0.0294. The Kier molecular flexibility index (Phi) is 4.21. The summed E-state index contributed by atoms with van der Waals surface area (Å²) in [5.41, 5.74) is 7.33. The van der Waals surface area contributed by atoms with Crippen LogP contribution < -0.4 is 15.2 Å². The molecule has 1 heterocycles. The van der Waals surface area contributed by atoms with E-state index in [4.69, 9.17) is 15.2 Å². The molecule has 1 amide bonds. The van der Waals surface area contributed by atoms with Gasteiger partial charge in [0, 0.05) is 25.7 Å². The number of rotatable bonds is 5. The number of imidazole rings is 1. The first-order chi connectivity index (χ1) is 10.0. The molecule has 2 rings (SSSR count). The fourth-order valence-corrected chi connectivity index (χ4v) is 2.07. The average molecular weight is 292 g/mol. The van der Waals surface area contributed by atoms with Gasteiger partial charge in [0.2, 0.25) is 11.9 Å². The lowest BCUT2D eigenvalue weighted by Crippen LogP contribution is -2.30. The van der Waals surface area contributed by atoms with Crippen molar-refractivity contribution < 1.29 is 14.3 Å². The highest BCUT2D eigenvalue weighted by atomic mass is 16.5. The van der Waals surface area contributed by atoms with E-state index in [-0.39, 0.29) is 18.4 Å². The minimum Gasteiger partial charge on any atom is -0.493 e. The molecular formula is C14H20N4O3. The molecule has 0 aliphatic rings. The molecule has 7 nitrogen and oxygen atoms in total. The van der Waals surface area contributed by atoms with Gasteiger partial charge in [0.25, 0.3) is 0 Å². The van der Waals surface area contributed by atoms with Crippen molar-refractivity contribution >= 4 is 22.9 Å². The van der Waals surface area contributed by atoms with Gasteiger partial charge in [-0.1, -0.05) is 0 Å². The largest absolute Gasteiger partial charge is 0.493 e. The monoisotopic (exact) mass is 292 g/mol. The topological polar surface area (TPSA) is 82.6 Å². The second kappa shape index (κ2) is 5.90. The summed E-state index contributed by atoms with van der Waals surface area (Å²) in [6.45, 7) is 2.70. The second-order valence-corrected chi connectivity index (χ2v) is 4.66. The minimum atomic E-state index is -0.0294. The SMILES string of the molecule is CCN(C)C(=O)Cn1c(N)nc2cc(OC)c(OC)cc21. The quantitative estimate of drug-likeness (QED) is 0.892. The number of carbonyl (C=O) groups is 1. The molecule has 0 fully saturated rings. The number of hydrogen-bond donors (Lipinski definition) is 1. The number of ether oxygens (including phenoxy) is 2. The summed E-state index contributed by atoms with van der Waals surface area (Å²) in [4.78, 5) is 18.0. The summed E-state index contributed by atoms with van der Waals surface area (Å²) in [7, 11) is 4.87. The molecule has 0 bridgehead atoms. The van der Waals surface area contributed by atoms with Crippen LogP contribution in [0.25, 0.3) is 11.0 Å². The standard InChI is InChI=1S/C14H20N4O3/c1-5-17(2)13(19)8-18-10-7-12(21-4)11(20-3)6-9(10)16-14(18)15/h6-7H,5,8H2,1-4H3,(H2,15,16). The van der Waals surface area contributed by atoms with Gasteiger partial charge in [0.15, 0.2) is 11.5 Å². The van der Waals surface area contributed by atoms with Crippen molar-refractivity contribution in [2.24, 2.45) is 0 Å². The Morgan fingerprint density at radius 3 is 2.52 bits per heavy atom. The van der Waals surface area contributed by atoms with Crippen molar-refractivity contribution in [2.45, 2.75) is 13.5 Å². The zero-order valence-electron chi connectivity index (χ0n) is 12.7. The zero-order chi connectivity index (χ0) is 15.6. The van der Waals surface area contributed by atoms with Crippen LogP contribution in [-0.2, 0) is 11.3 Å². The molecular weight excluding hydrogens is 272 g/mol. The Hall–Kier alpha value is -2.44. The van der Waals surface area contributed by atoms with Crippen molar-refractivity contribution in [3.05, 3.63) is 12.1 Å². The van der Waals surface area contributed by atoms with E-state index in [9.17, 15) is 4.79 Å². The number of carbonyl (C=O) groups excluding carboxylic acids is 1. The third kappa shape index (κ3) is 2.72. The van der Waals surface area contributed by atoms with E-state index in [1.165, 1.54) is 0 Å². The van der Waals surface area contributed by atoms with Gasteiger partial charge in [-0.05, 0) is 6.92 Å². The van der Waals surface area contributed by atoms with E-state index in [1.54, 1.807) is 42.9 Å². The molecule has 0 aliphatic heterocycles. The summed E-state index contributed by atoms with van der Waals surface area (Å²) >= 11 is 0. The molecule has 0 radical (unpaired) electrons. The zero-order valence-corrected chi connectivity index (χ0v) is 12.7. The van der Waals surface area contributed by atoms with E-state index in [0.717, 1.165) is 5.52 Å². The van der Waals surface area contributed by atoms with Gasteiger partial charge >= 0.3 is 0 Å². The Morgan fingerprint density at radius 1 is 1.33 bits per heavy atom. The number of likely N-dealkylation sites (N-methyl/N-ethyl adjacent to an activating group) is 1. The van der Waals surface area contributed by atoms with Crippen molar-refractivity contribution in [1.29, 1.82) is 0 Å². The number of nitrogens with zero attached hydrogens (tertiary/aromatic N) is 3. The van der Waals surface area contributed by atoms with Crippen LogP contribution in [0.5, 0.6) is 11.5 Å². The Morgan fingerprint density at radius 2 is 1.95 bits per heavy atom. The maximum absolute atomic E-state index is 12.1. The maximum Gasteiger partial charge on any atom is 0.242 e. The van der Waals surface area contributed by atoms with Crippen LogP contribution in [0, 0.1) is 0 Å². The predicted molar refractivity (Wildman–Crippen MR) is 80.6 cm³/mol. The molecule has 1 aromatic carbocycles. The van der Waals surface area contributed by atoms with Crippen molar-refractivity contribution in [1.82, 2.24) is 14.5 Å². The van der Waals surface area contributed by atoms with Crippen molar-refractivity contribution in [3.63, 3.8) is 0 Å². The summed E-state index contributed by atoms with van der Waals surface area (Å²) in [5, 5.41) is 0. The molecule has 0 aliphatic carbocycles. The third-order valence-electron chi connectivity index (χ3n) is 3.48. The number of hydrogen-bond acceptors (Lipinski definition) is 5. The summed E-state index contributed by atoms with van der Waals surface area (Å²) in [6.07, 6.45) is 0. The number of nitrogens with two attached hydrogens (primary N) is 1. The van der Waals surface area contributed by atoms with Crippen LogP contribution in [0.3, 0.4) is 0 Å². The Labute approximate surface area is 123 Å². The van der Waals surface area contributed by atoms with Crippen LogP contribution in [0.15, 0.2) is 12.1 Å². The number of benzene rings is 1. The summed E-state index contributed by atoms with van der Waals surface area (Å²) in [6, 6.07) is 3.52. The fraction of sp³-hybridized carbons (Fsp3) is 0.429. The van der Waals surface area contributed by atoms with E-state index in [0.29, 0.717) is 23.6 Å². The lowest BCUT2D eigenvalue weighted by Gasteiger charge is -2.16. The van der Waals surface area contributed by atoms with E-state index < -0.39 is 0 Å². The summed E-state index contributed by atoms with van der Waals surface area (Å²) in [5.74, 6) is 1.41. The molecule has 21 heavy (non-hydrogen) atoms. The van der Waals surface area contributed by atoms with Gasteiger partial charge in [-0.15, -0.1) is 0 Å². The highest BCUT2D eigenvalue weighted by Crippen LogP contribution is 2.32. The van der Waals surface area contributed by atoms with Crippen LogP contribution in [0.2, 0.25) is 0 Å². The van der Waals surface area contributed by atoms with Gasteiger partial charge in [-0.3, -0.25) is 4.79 Å². The van der Waals surface area contributed by atoms with Gasteiger partial charge in [0.05, 0.1) is 25.3 Å². The first kappa shape index (κ1) is 15.0. The Bertz CT molecular complexity index is 666. The van der Waals surface area contributed by atoms with Crippen molar-refractivity contribution in [3.8, 4) is 11.5 Å². The maximum atomic E-state index is 12.1. The van der Waals surface area contributed by atoms with Crippen LogP contribution in [0.1, 0.15) is 6.92 Å². The molecule has 7 heteroatoms. The van der Waals surface area contributed by atoms with E-state index >= 15 is 0 Å². The van der Waals surface area contributed by atoms with Gasteiger partial charge in [-0.2, -0.15) is 0 Å². The predicted octanol–water partition coefficient (Wildman–Crippen LogP) is 1.11. The first-order valence-electron chi connectivity index (χ1n) is 6.63. The van der Waals surface area contributed by atoms with Crippen LogP contribution in [-0.4, -0.2) is 48.2 Å². The molecule has 0 saturated carbocycles. The number of nitrogen functional groups attached to an aromatic ring is 1. The highest BCUT2D eigenvalue weighted by Gasteiger charge is 2.16. The normalized spacial score (nSPS) is 10.7. The smallest absolute Gasteiger partial charge is 0.242 e. The third-order valence-corrected chi connectivity index (χ3v) is 3.48. The van der Waals surface area contributed by atoms with Crippen LogP contribution in [0.4, 0.5) is 5.95 Å². The molecule has 0 atom stereocenters. The van der Waals surface area contributed by atoms with Gasteiger partial charge in [-0.25, -0.2) is 4.98 Å². The van der Waals surface area contributed by atoms with Crippen molar-refractivity contribution in [2.75, 3.05) is 33.5 Å². The molecule has 0 spiro atoms. The van der Waals surface area contributed by atoms with E-state index in [2.05, 4.69) is 4.98 Å². The van der Waals surface area contributed by atoms with Gasteiger partial charge in [0.1, 0.15) is 6.54 Å². The molecule has 0 saturated heterocycles. The van der Waals surface area contributed by atoms with Gasteiger partial charge < -0.3 is 24.7 Å². The number of fused-ring (bicyclic) bond motifs is 1. The number of amides is 1. The Balaban J connectivity index is 2.49. The molecule has 0 unspecified atom stereocenters. The number of methoxy groups -OCH3 is 2. The fourth-order valence-electron chi connectivity index (χ4n) is 2.07. The summed E-state index contributed by atoms with van der Waals surface area (Å²) < 4.78 is 12.2. The molecule has 2 aromatic rings. The van der Waals surface area contributed by atoms with Crippen LogP contribution >= 0.6 is 0 Å². The average Bonchev–Trinajstić information content (AvgIpc) is 2.79. The molecule has 2 N–H and O–H groups in total. The lowest BCUT2D eigenvalue weighted by molar-refractivity contribution is -0.130. The molecule has 1 aromatic heterocycles. The molecule has 114 valence electrons.